The first-order valence-electron chi connectivity index (χ1n) is 5.59. The minimum Gasteiger partial charge on any atom is -0.397 e. The molecule has 3 atom stereocenters. The molecule has 1 aromatic rings. The molecule has 0 amide bonds. The van der Waals surface area contributed by atoms with E-state index in [1.165, 1.54) is 12.8 Å². The zero-order valence-electron chi connectivity index (χ0n) is 8.65. The number of benzene rings is 1. The van der Waals surface area contributed by atoms with Crippen LogP contribution in [0.25, 0.3) is 0 Å². The molecule has 1 aromatic carbocycles. The molecule has 2 bridgehead atoms. The third-order valence-electron chi connectivity index (χ3n) is 3.41. The largest absolute Gasteiger partial charge is 0.397 e. The quantitative estimate of drug-likeness (QED) is 0.724. The molecule has 2 aliphatic rings. The fraction of sp³-hybridized carbons (Fsp3) is 0.500. The molecule has 0 saturated carbocycles. The van der Waals surface area contributed by atoms with Crippen LogP contribution in [0.1, 0.15) is 19.3 Å². The van der Waals surface area contributed by atoms with Crippen molar-refractivity contribution in [2.24, 2.45) is 0 Å². The Kier molecular flexibility index (Phi) is 2.06. The van der Waals surface area contributed by atoms with Gasteiger partial charge < -0.3 is 15.8 Å². The molecular weight excluding hydrogens is 188 g/mol. The Hall–Kier alpha value is -1.22. The fourth-order valence-electron chi connectivity index (χ4n) is 2.62. The van der Waals surface area contributed by atoms with Gasteiger partial charge in [0.1, 0.15) is 0 Å². The predicted octanol–water partition coefficient (Wildman–Crippen LogP) is 2.00. The van der Waals surface area contributed by atoms with Gasteiger partial charge in [0.15, 0.2) is 0 Å². The highest BCUT2D eigenvalue weighted by molar-refractivity contribution is 5.66. The number of anilines is 2. The van der Waals surface area contributed by atoms with E-state index in [-0.39, 0.29) is 0 Å². The van der Waals surface area contributed by atoms with E-state index < -0.39 is 0 Å². The van der Waals surface area contributed by atoms with Crippen molar-refractivity contribution in [3.05, 3.63) is 24.3 Å². The Morgan fingerprint density at radius 3 is 2.80 bits per heavy atom. The highest BCUT2D eigenvalue weighted by Crippen LogP contribution is 2.36. The maximum Gasteiger partial charge on any atom is 0.0781 e. The lowest BCUT2D eigenvalue weighted by Gasteiger charge is -2.22. The number of rotatable bonds is 2. The first-order valence-corrected chi connectivity index (χ1v) is 5.59. The second kappa shape index (κ2) is 3.42. The van der Waals surface area contributed by atoms with Gasteiger partial charge in [0, 0.05) is 0 Å². The van der Waals surface area contributed by atoms with Crippen LogP contribution in [0.2, 0.25) is 0 Å². The SMILES string of the molecule is Nc1ccccc1NC1CC2CCC1O2. The van der Waals surface area contributed by atoms with Crippen LogP contribution in [0, 0.1) is 0 Å². The predicted molar refractivity (Wildman–Crippen MR) is 60.8 cm³/mol. The summed E-state index contributed by atoms with van der Waals surface area (Å²) < 4.78 is 5.79. The molecule has 2 aliphatic heterocycles. The van der Waals surface area contributed by atoms with E-state index in [1.54, 1.807) is 0 Å². The third kappa shape index (κ3) is 1.57. The maximum atomic E-state index is 5.89. The number of nitrogens with one attached hydrogen (secondary N) is 1. The molecule has 3 nitrogen and oxygen atoms in total. The van der Waals surface area contributed by atoms with E-state index in [9.17, 15) is 0 Å². The summed E-state index contributed by atoms with van der Waals surface area (Å²) >= 11 is 0. The summed E-state index contributed by atoms with van der Waals surface area (Å²) in [5, 5.41) is 3.49. The second-order valence-corrected chi connectivity index (χ2v) is 4.45. The minimum atomic E-state index is 0.398. The Morgan fingerprint density at radius 2 is 2.13 bits per heavy atom. The molecule has 0 radical (unpaired) electrons. The summed E-state index contributed by atoms with van der Waals surface area (Å²) in [6, 6.07) is 8.37. The summed E-state index contributed by atoms with van der Waals surface area (Å²) in [7, 11) is 0. The molecule has 2 heterocycles. The van der Waals surface area contributed by atoms with E-state index in [1.807, 2.05) is 24.3 Å². The summed E-state index contributed by atoms with van der Waals surface area (Å²) in [5.41, 5.74) is 7.75. The summed E-state index contributed by atoms with van der Waals surface area (Å²) in [6.45, 7) is 0. The Labute approximate surface area is 89.6 Å². The number of hydrogen-bond acceptors (Lipinski definition) is 3. The van der Waals surface area contributed by atoms with Crippen molar-refractivity contribution in [2.75, 3.05) is 11.1 Å². The van der Waals surface area contributed by atoms with Gasteiger partial charge in [-0.3, -0.25) is 0 Å². The van der Waals surface area contributed by atoms with E-state index in [4.69, 9.17) is 10.5 Å². The van der Waals surface area contributed by atoms with Crippen molar-refractivity contribution < 1.29 is 4.74 Å². The Balaban J connectivity index is 1.73. The van der Waals surface area contributed by atoms with Gasteiger partial charge in [-0.15, -0.1) is 0 Å². The van der Waals surface area contributed by atoms with Crippen LogP contribution in [-0.4, -0.2) is 18.2 Å². The highest BCUT2D eigenvalue weighted by Gasteiger charge is 2.40. The van der Waals surface area contributed by atoms with E-state index in [0.717, 1.165) is 17.8 Å². The van der Waals surface area contributed by atoms with Crippen molar-refractivity contribution in [3.63, 3.8) is 0 Å². The molecule has 15 heavy (non-hydrogen) atoms. The molecule has 3 unspecified atom stereocenters. The molecule has 3 rings (SSSR count). The molecule has 0 spiro atoms. The standard InChI is InChI=1S/C12H16N2O/c13-9-3-1-2-4-10(9)14-11-7-8-5-6-12(11)15-8/h1-4,8,11-12,14H,5-7,13H2. The van der Waals surface area contributed by atoms with Gasteiger partial charge in [-0.1, -0.05) is 12.1 Å². The number of nitrogen functional groups attached to an aromatic ring is 1. The van der Waals surface area contributed by atoms with Crippen LogP contribution >= 0.6 is 0 Å². The van der Waals surface area contributed by atoms with Crippen LogP contribution in [0.3, 0.4) is 0 Å². The third-order valence-corrected chi connectivity index (χ3v) is 3.41. The average Bonchev–Trinajstić information content (AvgIpc) is 2.83. The van der Waals surface area contributed by atoms with Crippen molar-refractivity contribution in [1.29, 1.82) is 0 Å². The van der Waals surface area contributed by atoms with E-state index in [0.29, 0.717) is 18.2 Å². The van der Waals surface area contributed by atoms with Crippen LogP contribution < -0.4 is 11.1 Å². The molecule has 2 saturated heterocycles. The molecule has 80 valence electrons. The lowest BCUT2D eigenvalue weighted by atomic mass is 9.95. The van der Waals surface area contributed by atoms with Gasteiger partial charge >= 0.3 is 0 Å². The smallest absolute Gasteiger partial charge is 0.0781 e. The molecule has 3 heteroatoms. The van der Waals surface area contributed by atoms with Crippen molar-refractivity contribution in [2.45, 2.75) is 37.5 Å². The van der Waals surface area contributed by atoms with Gasteiger partial charge in [0.25, 0.3) is 0 Å². The average molecular weight is 204 g/mol. The molecule has 0 aromatic heterocycles. The second-order valence-electron chi connectivity index (χ2n) is 4.45. The van der Waals surface area contributed by atoms with Gasteiger partial charge in [0.2, 0.25) is 0 Å². The fourth-order valence-corrected chi connectivity index (χ4v) is 2.62. The van der Waals surface area contributed by atoms with Crippen LogP contribution in [0.4, 0.5) is 11.4 Å². The Morgan fingerprint density at radius 1 is 1.27 bits per heavy atom. The Bertz CT molecular complexity index is 366. The first-order chi connectivity index (χ1) is 7.33. The number of fused-ring (bicyclic) bond motifs is 2. The molecule has 0 aliphatic carbocycles. The molecule has 2 fully saturated rings. The van der Waals surface area contributed by atoms with Gasteiger partial charge in [0.05, 0.1) is 29.6 Å². The highest BCUT2D eigenvalue weighted by atomic mass is 16.5. The zero-order chi connectivity index (χ0) is 10.3. The van der Waals surface area contributed by atoms with Crippen LogP contribution in [0.15, 0.2) is 24.3 Å². The minimum absolute atomic E-state index is 0.398. The zero-order valence-corrected chi connectivity index (χ0v) is 8.65. The van der Waals surface area contributed by atoms with Crippen molar-refractivity contribution in [3.8, 4) is 0 Å². The normalized spacial score (nSPS) is 33.2. The van der Waals surface area contributed by atoms with Gasteiger partial charge in [-0.25, -0.2) is 0 Å². The maximum absolute atomic E-state index is 5.89. The number of para-hydroxylation sites is 2. The van der Waals surface area contributed by atoms with Gasteiger partial charge in [-0.2, -0.15) is 0 Å². The van der Waals surface area contributed by atoms with Crippen LogP contribution in [0.5, 0.6) is 0 Å². The lowest BCUT2D eigenvalue weighted by molar-refractivity contribution is 0.102. The summed E-state index contributed by atoms with van der Waals surface area (Å²) in [5.74, 6) is 0. The monoisotopic (exact) mass is 204 g/mol. The summed E-state index contributed by atoms with van der Waals surface area (Å²) in [4.78, 5) is 0. The lowest BCUT2D eigenvalue weighted by Crippen LogP contribution is -2.30. The first kappa shape index (κ1) is 9.04. The number of nitrogens with two attached hydrogens (primary N) is 1. The van der Waals surface area contributed by atoms with E-state index >= 15 is 0 Å². The van der Waals surface area contributed by atoms with Crippen molar-refractivity contribution in [1.82, 2.24) is 0 Å². The molecular formula is C12H16N2O. The summed E-state index contributed by atoms with van der Waals surface area (Å²) in [6.07, 6.45) is 4.42. The molecule has 3 N–H and O–H groups in total. The van der Waals surface area contributed by atoms with Crippen LogP contribution in [-0.2, 0) is 4.74 Å². The number of hydrogen-bond donors (Lipinski definition) is 2. The van der Waals surface area contributed by atoms with Crippen molar-refractivity contribution >= 4 is 11.4 Å². The van der Waals surface area contributed by atoms with Gasteiger partial charge in [-0.05, 0) is 31.4 Å². The van der Waals surface area contributed by atoms with E-state index in [2.05, 4.69) is 5.32 Å². The number of ether oxygens (including phenoxy) is 1. The topological polar surface area (TPSA) is 47.3 Å².